The summed E-state index contributed by atoms with van der Waals surface area (Å²) in [6.07, 6.45) is 5.10. The van der Waals surface area contributed by atoms with Gasteiger partial charge in [-0.05, 0) is 77.9 Å². The number of aryl methyl sites for hydroxylation is 1. The molecule has 0 fully saturated rings. The van der Waals surface area contributed by atoms with E-state index in [1.165, 1.54) is 12.1 Å². The number of carbonyl (C=O) groups is 1. The van der Waals surface area contributed by atoms with E-state index >= 15 is 0 Å². The van der Waals surface area contributed by atoms with Crippen molar-refractivity contribution < 1.29 is 18.7 Å². The van der Waals surface area contributed by atoms with Crippen LogP contribution in [0, 0.1) is 18.6 Å². The van der Waals surface area contributed by atoms with Gasteiger partial charge in [0.2, 0.25) is 0 Å². The number of Topliss-reactive ketones (excluding diaryl/α,β-unsaturated/α-hetero) is 1. The number of phenols is 1. The first-order chi connectivity index (χ1) is 17.9. The van der Waals surface area contributed by atoms with Crippen LogP contribution in [0.3, 0.4) is 0 Å². The molecule has 1 aromatic heterocycles. The van der Waals surface area contributed by atoms with Crippen molar-refractivity contribution in [3.8, 4) is 16.9 Å². The zero-order valence-electron chi connectivity index (χ0n) is 20.5. The van der Waals surface area contributed by atoms with Gasteiger partial charge in [0.1, 0.15) is 23.2 Å². The zero-order chi connectivity index (χ0) is 25.9. The van der Waals surface area contributed by atoms with Crippen LogP contribution < -0.4 is 0 Å². The standard InChI is InChI=1S/C32H27F2NO2/c1-20-4-6-22(7-5-20)30-3-2-12-35-32(30)25(13-21-14-26(33)18-27(34)15-21)17-29(37)16-24-9-8-23-10-11-28(36)19-31(23)24/h2-7,9-12,14-15,18-19,25,36H,8,13,16-17H2,1H3/t25-/m1/s1. The maximum atomic E-state index is 14.0. The molecule has 0 bridgehead atoms. The molecule has 3 nitrogen and oxygen atoms in total. The number of aromatic nitrogens is 1. The van der Waals surface area contributed by atoms with E-state index in [2.05, 4.69) is 4.98 Å². The highest BCUT2D eigenvalue weighted by Gasteiger charge is 2.24. The summed E-state index contributed by atoms with van der Waals surface area (Å²) in [5.41, 5.74) is 7.08. The molecule has 1 aliphatic rings. The Kier molecular flexibility index (Phi) is 6.95. The predicted molar refractivity (Wildman–Crippen MR) is 141 cm³/mol. The van der Waals surface area contributed by atoms with Crippen molar-refractivity contribution in [2.24, 2.45) is 0 Å². The first-order valence-corrected chi connectivity index (χ1v) is 12.4. The van der Waals surface area contributed by atoms with E-state index in [0.717, 1.165) is 51.6 Å². The second-order valence-electron chi connectivity index (χ2n) is 9.68. The number of allylic oxidation sites excluding steroid dienone is 2. The number of nitrogens with zero attached hydrogens (tertiary/aromatic N) is 1. The molecule has 1 heterocycles. The number of pyridine rings is 1. The SMILES string of the molecule is Cc1ccc(-c2cccnc2[C@@H](CC(=O)CC2=CCc3ccc(O)cc32)Cc2cc(F)cc(F)c2)cc1. The Hall–Kier alpha value is -4.12. The van der Waals surface area contributed by atoms with Crippen LogP contribution in [0.25, 0.3) is 16.7 Å². The van der Waals surface area contributed by atoms with E-state index in [-0.39, 0.29) is 36.7 Å². The Balaban J connectivity index is 1.47. The number of rotatable bonds is 8. The van der Waals surface area contributed by atoms with Gasteiger partial charge >= 0.3 is 0 Å². The van der Waals surface area contributed by atoms with Crippen molar-refractivity contribution in [1.82, 2.24) is 4.98 Å². The number of hydrogen-bond acceptors (Lipinski definition) is 3. The number of halogens is 2. The highest BCUT2D eigenvalue weighted by atomic mass is 19.1. The summed E-state index contributed by atoms with van der Waals surface area (Å²) in [5.74, 6) is -1.50. The molecule has 186 valence electrons. The first kappa shape index (κ1) is 24.6. The second-order valence-corrected chi connectivity index (χ2v) is 9.68. The van der Waals surface area contributed by atoms with Gasteiger partial charge in [-0.15, -0.1) is 0 Å². The summed E-state index contributed by atoms with van der Waals surface area (Å²) < 4.78 is 28.0. The lowest BCUT2D eigenvalue weighted by Crippen LogP contribution is -2.13. The number of hydrogen-bond donors (Lipinski definition) is 1. The third-order valence-corrected chi connectivity index (χ3v) is 6.86. The second kappa shape index (κ2) is 10.5. The summed E-state index contributed by atoms with van der Waals surface area (Å²) in [7, 11) is 0. The lowest BCUT2D eigenvalue weighted by molar-refractivity contribution is -0.118. The predicted octanol–water partition coefficient (Wildman–Crippen LogP) is 7.36. The first-order valence-electron chi connectivity index (χ1n) is 12.4. The maximum Gasteiger partial charge on any atom is 0.137 e. The van der Waals surface area contributed by atoms with Crippen molar-refractivity contribution >= 4 is 11.4 Å². The number of carbonyl (C=O) groups excluding carboxylic acids is 1. The van der Waals surface area contributed by atoms with Gasteiger partial charge in [0, 0.05) is 36.6 Å². The van der Waals surface area contributed by atoms with Crippen LogP contribution in [0.2, 0.25) is 0 Å². The molecule has 0 amide bonds. The molecule has 37 heavy (non-hydrogen) atoms. The van der Waals surface area contributed by atoms with E-state index in [0.29, 0.717) is 5.56 Å². The summed E-state index contributed by atoms with van der Waals surface area (Å²) >= 11 is 0. The molecule has 0 saturated carbocycles. The monoisotopic (exact) mass is 495 g/mol. The summed E-state index contributed by atoms with van der Waals surface area (Å²) in [5, 5.41) is 9.93. The van der Waals surface area contributed by atoms with Gasteiger partial charge in [-0.25, -0.2) is 8.78 Å². The number of phenolic OH excluding ortho intramolecular Hbond substituents is 1. The molecule has 5 heteroatoms. The molecule has 1 aliphatic carbocycles. The highest BCUT2D eigenvalue weighted by molar-refractivity contribution is 5.92. The Morgan fingerprint density at radius 2 is 1.73 bits per heavy atom. The van der Waals surface area contributed by atoms with E-state index in [1.807, 2.05) is 55.5 Å². The Bertz CT molecular complexity index is 1470. The molecule has 1 N–H and O–H groups in total. The summed E-state index contributed by atoms with van der Waals surface area (Å²) in [6.45, 7) is 2.02. The van der Waals surface area contributed by atoms with Gasteiger partial charge in [0.05, 0.1) is 5.69 Å². The zero-order valence-corrected chi connectivity index (χ0v) is 20.5. The van der Waals surface area contributed by atoms with Crippen molar-refractivity contribution in [2.75, 3.05) is 0 Å². The van der Waals surface area contributed by atoms with Crippen LogP contribution >= 0.6 is 0 Å². The lowest BCUT2D eigenvalue weighted by Gasteiger charge is -2.20. The number of benzene rings is 3. The minimum Gasteiger partial charge on any atom is -0.508 e. The van der Waals surface area contributed by atoms with Gasteiger partial charge < -0.3 is 5.11 Å². The number of ketones is 1. The molecule has 4 aromatic rings. The highest BCUT2D eigenvalue weighted by Crippen LogP contribution is 2.36. The van der Waals surface area contributed by atoms with Crippen LogP contribution in [-0.2, 0) is 17.6 Å². The minimum atomic E-state index is -0.646. The fourth-order valence-electron chi connectivity index (χ4n) is 5.11. The molecule has 0 aliphatic heterocycles. The normalized spacial score (nSPS) is 13.2. The van der Waals surface area contributed by atoms with Crippen LogP contribution in [0.1, 0.15) is 46.7 Å². The van der Waals surface area contributed by atoms with Gasteiger partial charge in [0.15, 0.2) is 0 Å². The molecule has 1 atom stereocenters. The van der Waals surface area contributed by atoms with Crippen molar-refractivity contribution in [3.63, 3.8) is 0 Å². The molecule has 0 unspecified atom stereocenters. The fourth-order valence-corrected chi connectivity index (χ4v) is 5.11. The van der Waals surface area contributed by atoms with Gasteiger partial charge in [-0.1, -0.05) is 48.0 Å². The lowest BCUT2D eigenvalue weighted by atomic mass is 9.85. The average molecular weight is 496 g/mol. The van der Waals surface area contributed by atoms with Crippen LogP contribution in [-0.4, -0.2) is 15.9 Å². The average Bonchev–Trinajstić information content (AvgIpc) is 3.25. The van der Waals surface area contributed by atoms with Crippen LogP contribution in [0.15, 0.2) is 85.1 Å². The smallest absolute Gasteiger partial charge is 0.137 e. The van der Waals surface area contributed by atoms with E-state index in [1.54, 1.807) is 18.3 Å². The van der Waals surface area contributed by atoms with Crippen molar-refractivity contribution in [1.29, 1.82) is 0 Å². The van der Waals surface area contributed by atoms with Crippen molar-refractivity contribution in [3.05, 3.63) is 125 Å². The minimum absolute atomic E-state index is 0.00447. The van der Waals surface area contributed by atoms with Crippen LogP contribution in [0.5, 0.6) is 5.75 Å². The Labute approximate surface area is 215 Å². The van der Waals surface area contributed by atoms with Gasteiger partial charge in [-0.3, -0.25) is 9.78 Å². The third-order valence-electron chi connectivity index (χ3n) is 6.86. The van der Waals surface area contributed by atoms with Gasteiger partial charge in [-0.2, -0.15) is 0 Å². The number of fused-ring (bicyclic) bond motifs is 1. The van der Waals surface area contributed by atoms with E-state index < -0.39 is 11.6 Å². The van der Waals surface area contributed by atoms with E-state index in [9.17, 15) is 18.7 Å². The summed E-state index contributed by atoms with van der Waals surface area (Å²) in [4.78, 5) is 18.1. The molecule has 3 aromatic carbocycles. The van der Waals surface area contributed by atoms with E-state index in [4.69, 9.17) is 0 Å². The molecule has 0 radical (unpaired) electrons. The molecule has 5 rings (SSSR count). The fraction of sp³-hybridized carbons (Fsp3) is 0.188. The topological polar surface area (TPSA) is 50.2 Å². The molecular formula is C32H27F2NO2. The Morgan fingerprint density at radius 1 is 0.973 bits per heavy atom. The van der Waals surface area contributed by atoms with Gasteiger partial charge in [0.25, 0.3) is 0 Å². The largest absolute Gasteiger partial charge is 0.508 e. The quantitative estimate of drug-likeness (QED) is 0.278. The van der Waals surface area contributed by atoms with Crippen LogP contribution in [0.4, 0.5) is 8.78 Å². The molecule has 0 saturated heterocycles. The third kappa shape index (κ3) is 5.67. The molecular weight excluding hydrogens is 468 g/mol. The van der Waals surface area contributed by atoms with Crippen molar-refractivity contribution in [2.45, 2.75) is 38.5 Å². The Morgan fingerprint density at radius 3 is 2.49 bits per heavy atom. The molecule has 0 spiro atoms. The summed E-state index contributed by atoms with van der Waals surface area (Å²) in [6, 6.07) is 20.6. The maximum absolute atomic E-state index is 14.0. The number of aromatic hydroxyl groups is 1.